The van der Waals surface area contributed by atoms with E-state index in [-0.39, 0.29) is 41.1 Å². The first-order valence-electron chi connectivity index (χ1n) is 11.6. The third-order valence-electron chi connectivity index (χ3n) is 8.81. The predicted molar refractivity (Wildman–Crippen MR) is 117 cm³/mol. The minimum absolute atomic E-state index is 0.0550. The Balaban J connectivity index is 1.67. The fourth-order valence-corrected chi connectivity index (χ4v) is 7.98. The van der Waals surface area contributed by atoms with Gasteiger partial charge in [-0.1, -0.05) is 50.9 Å². The molecule has 3 saturated carbocycles. The summed E-state index contributed by atoms with van der Waals surface area (Å²) in [7, 11) is 0. The highest BCUT2D eigenvalue weighted by Crippen LogP contribution is 2.67. The van der Waals surface area contributed by atoms with E-state index in [1.54, 1.807) is 6.08 Å². The fourth-order valence-electron chi connectivity index (χ4n) is 7.70. The molecule has 3 fully saturated rings. The molecule has 4 aliphatic rings. The Kier molecular flexibility index (Phi) is 5.75. The summed E-state index contributed by atoms with van der Waals surface area (Å²) in [6.07, 6.45) is 6.52. The van der Waals surface area contributed by atoms with E-state index in [0.717, 1.165) is 24.8 Å². The second-order valence-corrected chi connectivity index (χ2v) is 11.0. The quantitative estimate of drug-likeness (QED) is 0.514. The Hall–Kier alpha value is -1.46. The normalized spacial score (nSPS) is 43.9. The van der Waals surface area contributed by atoms with Crippen LogP contribution in [0.5, 0.6) is 0 Å². The Labute approximate surface area is 189 Å². The van der Waals surface area contributed by atoms with Gasteiger partial charge in [0.05, 0.1) is 17.7 Å². The molecule has 0 bridgehead atoms. The van der Waals surface area contributed by atoms with Crippen molar-refractivity contribution in [3.8, 4) is 0 Å². The average Bonchev–Trinajstić information content (AvgIpc) is 2.96. The number of hydrogen-bond donors (Lipinski definition) is 1. The highest BCUT2D eigenvalue weighted by atomic mass is 35.5. The molecule has 0 radical (unpaired) electrons. The molecule has 0 amide bonds. The van der Waals surface area contributed by atoms with Gasteiger partial charge in [-0.3, -0.25) is 9.59 Å². The van der Waals surface area contributed by atoms with Gasteiger partial charge in [0.2, 0.25) is 5.78 Å². The molecule has 1 N–H and O–H groups in total. The number of carbonyl (C=O) groups is 3. The Morgan fingerprint density at radius 1 is 1.32 bits per heavy atom. The summed E-state index contributed by atoms with van der Waals surface area (Å²) in [5, 5.41) is 11.6. The van der Waals surface area contributed by atoms with Crippen LogP contribution in [0.2, 0.25) is 0 Å². The summed E-state index contributed by atoms with van der Waals surface area (Å²) in [6, 6.07) is 0. The van der Waals surface area contributed by atoms with E-state index >= 15 is 0 Å². The molecule has 6 heteroatoms. The van der Waals surface area contributed by atoms with Crippen molar-refractivity contribution in [1.29, 1.82) is 0 Å². The van der Waals surface area contributed by atoms with Crippen molar-refractivity contribution in [2.45, 2.75) is 65.9 Å². The maximum absolute atomic E-state index is 13.1. The summed E-state index contributed by atoms with van der Waals surface area (Å²) >= 11 is 6.25. The molecular weight excluding hydrogens is 416 g/mol. The molecule has 8 atom stereocenters. The van der Waals surface area contributed by atoms with Gasteiger partial charge in [0.1, 0.15) is 0 Å². The average molecular weight is 449 g/mol. The number of carbonyl (C=O) groups excluding carboxylic acids is 3. The van der Waals surface area contributed by atoms with Crippen LogP contribution in [0.25, 0.3) is 0 Å². The predicted octanol–water partition coefficient (Wildman–Crippen LogP) is 4.22. The topological polar surface area (TPSA) is 80.7 Å². The Morgan fingerprint density at radius 2 is 2.03 bits per heavy atom. The molecule has 0 spiro atoms. The zero-order valence-electron chi connectivity index (χ0n) is 18.8. The number of aliphatic hydroxyl groups excluding tert-OH is 1. The highest BCUT2D eigenvalue weighted by Gasteiger charge is 2.65. The van der Waals surface area contributed by atoms with E-state index in [1.165, 1.54) is 0 Å². The van der Waals surface area contributed by atoms with Crippen LogP contribution in [0, 0.1) is 40.4 Å². The van der Waals surface area contributed by atoms with Crippen LogP contribution < -0.4 is 0 Å². The SMILES string of the molecule is CCCOC(=O)C(=O)[C@H]1[C@H](C)C[C@H]2[C@@H]3CCC4=CC(=O)C(Cl)=C[C@]4(C)[C@H]3[C@H](O)C[C@@]21C. The summed E-state index contributed by atoms with van der Waals surface area (Å²) in [5.74, 6) is -1.34. The summed E-state index contributed by atoms with van der Waals surface area (Å²) < 4.78 is 5.17. The van der Waals surface area contributed by atoms with Crippen molar-refractivity contribution in [2.24, 2.45) is 40.4 Å². The first kappa shape index (κ1) is 22.7. The molecule has 4 aliphatic carbocycles. The van der Waals surface area contributed by atoms with E-state index in [9.17, 15) is 19.5 Å². The van der Waals surface area contributed by atoms with Gasteiger partial charge >= 0.3 is 5.97 Å². The van der Waals surface area contributed by atoms with E-state index in [1.807, 2.05) is 19.9 Å². The van der Waals surface area contributed by atoms with Crippen molar-refractivity contribution in [2.75, 3.05) is 6.61 Å². The molecule has 0 unspecified atom stereocenters. The van der Waals surface area contributed by atoms with Gasteiger partial charge < -0.3 is 9.84 Å². The summed E-state index contributed by atoms with van der Waals surface area (Å²) in [5.41, 5.74) is 0.144. The number of Topliss-reactive ketones (excluding diaryl/α,β-unsaturated/α-hetero) is 1. The number of allylic oxidation sites excluding steroid dienone is 4. The molecule has 0 saturated heterocycles. The number of rotatable bonds is 4. The third-order valence-corrected chi connectivity index (χ3v) is 9.11. The maximum atomic E-state index is 13.1. The van der Waals surface area contributed by atoms with Gasteiger partial charge in [-0.15, -0.1) is 0 Å². The van der Waals surface area contributed by atoms with Crippen molar-refractivity contribution < 1.29 is 24.2 Å². The minimum Gasteiger partial charge on any atom is -0.460 e. The van der Waals surface area contributed by atoms with Crippen LogP contribution in [0.15, 0.2) is 22.8 Å². The van der Waals surface area contributed by atoms with Crippen LogP contribution in [-0.4, -0.2) is 35.4 Å². The van der Waals surface area contributed by atoms with Gasteiger partial charge in [-0.05, 0) is 61.3 Å². The number of aliphatic hydroxyl groups is 1. The molecule has 0 aromatic rings. The van der Waals surface area contributed by atoms with Gasteiger partial charge in [0.25, 0.3) is 0 Å². The van der Waals surface area contributed by atoms with Crippen molar-refractivity contribution in [3.63, 3.8) is 0 Å². The molecule has 0 aliphatic heterocycles. The Bertz CT molecular complexity index is 875. The van der Waals surface area contributed by atoms with E-state index in [2.05, 4.69) is 13.8 Å². The summed E-state index contributed by atoms with van der Waals surface area (Å²) in [4.78, 5) is 37.7. The second-order valence-electron chi connectivity index (χ2n) is 10.6. The van der Waals surface area contributed by atoms with Crippen molar-refractivity contribution in [3.05, 3.63) is 22.8 Å². The second kappa shape index (κ2) is 7.84. The lowest BCUT2D eigenvalue weighted by atomic mass is 9.46. The number of esters is 1. The van der Waals surface area contributed by atoms with Crippen molar-refractivity contribution >= 4 is 29.1 Å². The zero-order chi connectivity index (χ0) is 22.7. The summed E-state index contributed by atoms with van der Waals surface area (Å²) in [6.45, 7) is 8.36. The standard InChI is InChI=1S/C25H33ClO5/c1-5-8-31-23(30)22(29)20-13(2)9-16-15-7-6-14-10-18(27)17(26)11-24(14,3)21(15)19(28)12-25(16,20)4/h10-11,13,15-16,19-21,28H,5-9,12H2,1-4H3/t13-,15+,16+,19-,20-,21-,24+,25+/m1/s1. The molecule has 170 valence electrons. The van der Waals surface area contributed by atoms with Gasteiger partial charge in [-0.2, -0.15) is 0 Å². The van der Waals surface area contributed by atoms with Crippen LogP contribution in [-0.2, 0) is 19.1 Å². The molecular formula is C25H33ClO5. The highest BCUT2D eigenvalue weighted by molar-refractivity contribution is 6.44. The molecule has 0 heterocycles. The monoisotopic (exact) mass is 448 g/mol. The van der Waals surface area contributed by atoms with Gasteiger partial charge in [-0.25, -0.2) is 4.79 Å². The molecule has 0 aromatic heterocycles. The van der Waals surface area contributed by atoms with Crippen LogP contribution in [0.1, 0.15) is 59.8 Å². The smallest absolute Gasteiger partial charge is 0.374 e. The maximum Gasteiger partial charge on any atom is 0.374 e. The van der Waals surface area contributed by atoms with Gasteiger partial charge in [0, 0.05) is 17.3 Å². The van der Waals surface area contributed by atoms with E-state index < -0.39 is 34.6 Å². The van der Waals surface area contributed by atoms with Crippen LogP contribution in [0.4, 0.5) is 0 Å². The molecule has 0 aromatic carbocycles. The number of ether oxygens (including phenoxy) is 1. The first-order chi connectivity index (χ1) is 14.5. The lowest BCUT2D eigenvalue weighted by Crippen LogP contribution is -2.56. The molecule has 5 nitrogen and oxygen atoms in total. The lowest BCUT2D eigenvalue weighted by Gasteiger charge is -2.58. The first-order valence-corrected chi connectivity index (χ1v) is 11.9. The Morgan fingerprint density at radius 3 is 2.71 bits per heavy atom. The van der Waals surface area contributed by atoms with Crippen molar-refractivity contribution in [1.82, 2.24) is 0 Å². The van der Waals surface area contributed by atoms with E-state index in [4.69, 9.17) is 16.3 Å². The number of fused-ring (bicyclic) bond motifs is 5. The number of hydrogen-bond acceptors (Lipinski definition) is 5. The lowest BCUT2D eigenvalue weighted by molar-refractivity contribution is -0.162. The zero-order valence-corrected chi connectivity index (χ0v) is 19.6. The van der Waals surface area contributed by atoms with Gasteiger partial charge in [0.15, 0.2) is 5.78 Å². The fraction of sp³-hybridized carbons (Fsp3) is 0.720. The molecule has 31 heavy (non-hydrogen) atoms. The largest absolute Gasteiger partial charge is 0.460 e. The van der Waals surface area contributed by atoms with Crippen LogP contribution in [0.3, 0.4) is 0 Å². The molecule has 4 rings (SSSR count). The van der Waals surface area contributed by atoms with E-state index in [0.29, 0.717) is 12.8 Å². The number of halogens is 1. The minimum atomic E-state index is -0.737. The third kappa shape index (κ3) is 3.34. The van der Waals surface area contributed by atoms with Crippen LogP contribution >= 0.6 is 11.6 Å². The number of ketones is 2.